The Morgan fingerprint density at radius 1 is 1.25 bits per heavy atom. The highest BCUT2D eigenvalue weighted by atomic mass is 15.1. The summed E-state index contributed by atoms with van der Waals surface area (Å²) < 4.78 is 0. The second-order valence-corrected chi connectivity index (χ2v) is 5.20. The number of benzene rings is 1. The molecule has 0 aliphatic carbocycles. The highest BCUT2D eigenvalue weighted by Gasteiger charge is 2.19. The van der Waals surface area contributed by atoms with E-state index in [-0.39, 0.29) is 0 Å². The summed E-state index contributed by atoms with van der Waals surface area (Å²) in [7, 11) is 2.00. The van der Waals surface area contributed by atoms with E-state index in [4.69, 9.17) is 0 Å². The molecule has 0 spiro atoms. The minimum Gasteiger partial charge on any atom is -0.316 e. The van der Waals surface area contributed by atoms with Gasteiger partial charge < -0.3 is 5.32 Å². The summed E-state index contributed by atoms with van der Waals surface area (Å²) in [5, 5.41) is 3.20. The quantitative estimate of drug-likeness (QED) is 0.834. The highest BCUT2D eigenvalue weighted by Crippen LogP contribution is 2.24. The second kappa shape index (κ2) is 4.98. The van der Waals surface area contributed by atoms with Crippen molar-refractivity contribution in [2.45, 2.75) is 33.5 Å². The lowest BCUT2D eigenvalue weighted by Gasteiger charge is -2.16. The summed E-state index contributed by atoms with van der Waals surface area (Å²) in [5.74, 6) is 0.756. The van der Waals surface area contributed by atoms with Gasteiger partial charge in [0.2, 0.25) is 0 Å². The molecule has 1 aliphatic heterocycles. The van der Waals surface area contributed by atoms with Crippen LogP contribution in [0.2, 0.25) is 0 Å². The third kappa shape index (κ3) is 2.63. The van der Waals surface area contributed by atoms with Crippen molar-refractivity contribution in [1.82, 2.24) is 10.2 Å². The normalized spacial score (nSPS) is 15.8. The van der Waals surface area contributed by atoms with Gasteiger partial charge in [-0.1, -0.05) is 32.0 Å². The van der Waals surface area contributed by atoms with Gasteiger partial charge in [-0.15, -0.1) is 0 Å². The number of nitrogens with zero attached hydrogens (tertiary/aromatic N) is 1. The van der Waals surface area contributed by atoms with Crippen molar-refractivity contribution in [2.24, 2.45) is 5.92 Å². The van der Waals surface area contributed by atoms with E-state index in [1.165, 1.54) is 23.2 Å². The number of rotatable bonds is 4. The Labute approximate surface area is 98.7 Å². The molecule has 1 aromatic rings. The van der Waals surface area contributed by atoms with E-state index in [0.717, 1.165) is 25.6 Å². The van der Waals surface area contributed by atoms with Crippen LogP contribution in [-0.2, 0) is 19.6 Å². The molecule has 1 aliphatic rings. The van der Waals surface area contributed by atoms with Gasteiger partial charge in [0.25, 0.3) is 0 Å². The molecule has 16 heavy (non-hydrogen) atoms. The van der Waals surface area contributed by atoms with Crippen molar-refractivity contribution >= 4 is 0 Å². The zero-order valence-corrected chi connectivity index (χ0v) is 10.6. The fourth-order valence-corrected chi connectivity index (χ4v) is 2.48. The minimum absolute atomic E-state index is 0.756. The van der Waals surface area contributed by atoms with Crippen molar-refractivity contribution < 1.29 is 0 Å². The van der Waals surface area contributed by atoms with E-state index in [9.17, 15) is 0 Å². The Morgan fingerprint density at radius 3 is 2.69 bits per heavy atom. The zero-order chi connectivity index (χ0) is 11.5. The van der Waals surface area contributed by atoms with E-state index in [0.29, 0.717) is 0 Å². The maximum absolute atomic E-state index is 3.20. The first kappa shape index (κ1) is 11.6. The average molecular weight is 218 g/mol. The monoisotopic (exact) mass is 218 g/mol. The first-order valence-electron chi connectivity index (χ1n) is 6.16. The van der Waals surface area contributed by atoms with E-state index < -0.39 is 0 Å². The topological polar surface area (TPSA) is 15.3 Å². The molecule has 0 aromatic heterocycles. The van der Waals surface area contributed by atoms with Gasteiger partial charge in [0.15, 0.2) is 0 Å². The summed E-state index contributed by atoms with van der Waals surface area (Å²) in [6.45, 7) is 9.01. The van der Waals surface area contributed by atoms with Gasteiger partial charge in [-0.25, -0.2) is 0 Å². The molecule has 0 bridgehead atoms. The van der Waals surface area contributed by atoms with Crippen LogP contribution < -0.4 is 5.32 Å². The summed E-state index contributed by atoms with van der Waals surface area (Å²) >= 11 is 0. The Morgan fingerprint density at radius 2 is 2.00 bits per heavy atom. The predicted octanol–water partition coefficient (Wildman–Crippen LogP) is 2.38. The Kier molecular flexibility index (Phi) is 3.62. The second-order valence-electron chi connectivity index (χ2n) is 5.20. The molecule has 0 fully saturated rings. The smallest absolute Gasteiger partial charge is 0.0240 e. The van der Waals surface area contributed by atoms with Crippen LogP contribution in [-0.4, -0.2) is 18.5 Å². The van der Waals surface area contributed by atoms with E-state index in [1.807, 2.05) is 7.05 Å². The molecule has 2 rings (SSSR count). The Balaban J connectivity index is 2.06. The third-order valence-corrected chi connectivity index (χ3v) is 3.06. The molecule has 1 aromatic carbocycles. The fourth-order valence-electron chi connectivity index (χ4n) is 2.48. The number of nitrogens with one attached hydrogen (secondary N) is 1. The molecule has 1 heterocycles. The summed E-state index contributed by atoms with van der Waals surface area (Å²) in [6, 6.07) is 6.89. The third-order valence-electron chi connectivity index (χ3n) is 3.06. The molecule has 0 saturated heterocycles. The summed E-state index contributed by atoms with van der Waals surface area (Å²) in [5.41, 5.74) is 4.43. The minimum atomic E-state index is 0.756. The number of hydrogen-bond acceptors (Lipinski definition) is 2. The lowest BCUT2D eigenvalue weighted by atomic mass is 10.1. The molecular weight excluding hydrogens is 196 g/mol. The van der Waals surface area contributed by atoms with E-state index in [2.05, 4.69) is 42.3 Å². The Hall–Kier alpha value is -0.860. The van der Waals surface area contributed by atoms with Crippen molar-refractivity contribution in [3.63, 3.8) is 0 Å². The fraction of sp³-hybridized carbons (Fsp3) is 0.571. The zero-order valence-electron chi connectivity index (χ0n) is 10.6. The van der Waals surface area contributed by atoms with Crippen LogP contribution in [0.1, 0.15) is 30.5 Å². The van der Waals surface area contributed by atoms with Gasteiger partial charge in [-0.3, -0.25) is 4.90 Å². The number of fused-ring (bicyclic) bond motifs is 1. The summed E-state index contributed by atoms with van der Waals surface area (Å²) in [6.07, 6.45) is 0. The van der Waals surface area contributed by atoms with Crippen LogP contribution in [0.25, 0.3) is 0 Å². The van der Waals surface area contributed by atoms with Gasteiger partial charge in [-0.2, -0.15) is 0 Å². The highest BCUT2D eigenvalue weighted by molar-refractivity contribution is 5.34. The largest absolute Gasteiger partial charge is 0.316 e. The maximum atomic E-state index is 3.20. The predicted molar refractivity (Wildman–Crippen MR) is 68.2 cm³/mol. The van der Waals surface area contributed by atoms with Crippen molar-refractivity contribution in [3.8, 4) is 0 Å². The van der Waals surface area contributed by atoms with Crippen molar-refractivity contribution in [3.05, 3.63) is 34.9 Å². The first-order valence-corrected chi connectivity index (χ1v) is 6.16. The van der Waals surface area contributed by atoms with Gasteiger partial charge >= 0.3 is 0 Å². The van der Waals surface area contributed by atoms with Crippen LogP contribution in [0.15, 0.2) is 18.2 Å². The molecule has 0 atom stereocenters. The SMILES string of the molecule is CNCc1ccc2c(c1)CN(CC(C)C)C2. The number of hydrogen-bond donors (Lipinski definition) is 1. The lowest BCUT2D eigenvalue weighted by Crippen LogP contribution is -2.21. The van der Waals surface area contributed by atoms with Crippen molar-refractivity contribution in [1.29, 1.82) is 0 Å². The standard InChI is InChI=1S/C14H22N2/c1-11(2)8-16-9-13-5-4-12(7-15-3)6-14(13)10-16/h4-6,11,15H,7-10H2,1-3H3. The molecule has 0 unspecified atom stereocenters. The van der Waals surface area contributed by atoms with Gasteiger partial charge in [0, 0.05) is 26.2 Å². The van der Waals surface area contributed by atoms with Crippen LogP contribution >= 0.6 is 0 Å². The van der Waals surface area contributed by atoms with Gasteiger partial charge in [0.1, 0.15) is 0 Å². The maximum Gasteiger partial charge on any atom is 0.0240 e. The first-order chi connectivity index (χ1) is 7.69. The summed E-state index contributed by atoms with van der Waals surface area (Å²) in [4.78, 5) is 2.54. The van der Waals surface area contributed by atoms with Gasteiger partial charge in [-0.05, 0) is 29.7 Å². The molecular formula is C14H22N2. The molecule has 88 valence electrons. The lowest BCUT2D eigenvalue weighted by molar-refractivity contribution is 0.251. The van der Waals surface area contributed by atoms with Crippen molar-refractivity contribution in [2.75, 3.05) is 13.6 Å². The molecule has 0 saturated carbocycles. The molecule has 2 heteroatoms. The Bertz CT molecular complexity index is 358. The average Bonchev–Trinajstić information content (AvgIpc) is 2.58. The van der Waals surface area contributed by atoms with Crippen LogP contribution in [0.3, 0.4) is 0 Å². The van der Waals surface area contributed by atoms with Crippen LogP contribution in [0.5, 0.6) is 0 Å². The molecule has 0 amide bonds. The van der Waals surface area contributed by atoms with Crippen LogP contribution in [0, 0.1) is 5.92 Å². The van der Waals surface area contributed by atoms with Crippen LogP contribution in [0.4, 0.5) is 0 Å². The molecule has 1 N–H and O–H groups in total. The van der Waals surface area contributed by atoms with E-state index >= 15 is 0 Å². The van der Waals surface area contributed by atoms with E-state index in [1.54, 1.807) is 0 Å². The molecule has 0 radical (unpaired) electrons. The molecule has 2 nitrogen and oxygen atoms in total. The van der Waals surface area contributed by atoms with Gasteiger partial charge in [0.05, 0.1) is 0 Å².